The van der Waals surface area contributed by atoms with E-state index >= 15 is 0 Å². The van der Waals surface area contributed by atoms with Crippen LogP contribution in [0.1, 0.15) is 58.8 Å². The molecule has 1 heterocycles. The van der Waals surface area contributed by atoms with Crippen LogP contribution in [0.2, 0.25) is 0 Å². The van der Waals surface area contributed by atoms with E-state index in [1.165, 1.54) is 0 Å². The topological polar surface area (TPSA) is 64.6 Å². The van der Waals surface area contributed by atoms with Crippen molar-refractivity contribution in [2.24, 2.45) is 0 Å². The molecule has 5 heteroatoms. The molecule has 20 heavy (non-hydrogen) atoms. The van der Waals surface area contributed by atoms with Crippen LogP contribution in [0.25, 0.3) is 0 Å². The van der Waals surface area contributed by atoms with E-state index in [1.54, 1.807) is 0 Å². The summed E-state index contributed by atoms with van der Waals surface area (Å²) in [4.78, 5) is 23.7. The highest BCUT2D eigenvalue weighted by molar-refractivity contribution is 5.80. The Morgan fingerprint density at radius 1 is 0.950 bits per heavy atom. The lowest BCUT2D eigenvalue weighted by Crippen LogP contribution is -2.51. The van der Waals surface area contributed by atoms with E-state index in [0.29, 0.717) is 13.2 Å². The molecular weight excluding hydrogens is 258 g/mol. The van der Waals surface area contributed by atoms with E-state index in [9.17, 15) is 9.59 Å². The highest BCUT2D eigenvalue weighted by Crippen LogP contribution is 2.15. The summed E-state index contributed by atoms with van der Waals surface area (Å²) in [5.41, 5.74) is 0. The third-order valence-corrected chi connectivity index (χ3v) is 3.44. The van der Waals surface area contributed by atoms with Gasteiger partial charge in [-0.05, 0) is 32.1 Å². The molecule has 1 aliphatic heterocycles. The van der Waals surface area contributed by atoms with Crippen molar-refractivity contribution in [2.75, 3.05) is 13.2 Å². The van der Waals surface area contributed by atoms with Crippen molar-refractivity contribution in [3.63, 3.8) is 0 Å². The minimum Gasteiger partial charge on any atom is -0.465 e. The van der Waals surface area contributed by atoms with Crippen molar-refractivity contribution in [1.82, 2.24) is 5.32 Å². The zero-order chi connectivity index (χ0) is 14.8. The minimum atomic E-state index is -0.371. The maximum Gasteiger partial charge on any atom is 0.323 e. The molecule has 0 saturated carbocycles. The van der Waals surface area contributed by atoms with Gasteiger partial charge in [0.1, 0.15) is 12.1 Å². The lowest BCUT2D eigenvalue weighted by atomic mass is 9.98. The average Bonchev–Trinajstić information content (AvgIpc) is 2.47. The SMILES string of the molecule is CCCCOC(=O)[C@@H]1CCC[C@H](C(=O)OCCCC)N1. The zero-order valence-corrected chi connectivity index (χ0v) is 12.7. The number of piperidine rings is 1. The molecule has 0 aromatic heterocycles. The Kier molecular flexibility index (Phi) is 8.26. The molecule has 0 unspecified atom stereocenters. The fourth-order valence-corrected chi connectivity index (χ4v) is 2.14. The number of carbonyl (C=O) groups excluding carboxylic acids is 2. The van der Waals surface area contributed by atoms with E-state index in [2.05, 4.69) is 19.2 Å². The normalized spacial score (nSPS) is 22.3. The van der Waals surface area contributed by atoms with Crippen molar-refractivity contribution >= 4 is 11.9 Å². The molecule has 5 nitrogen and oxygen atoms in total. The third kappa shape index (κ3) is 5.90. The molecule has 1 aliphatic rings. The van der Waals surface area contributed by atoms with E-state index in [4.69, 9.17) is 9.47 Å². The number of esters is 2. The summed E-state index contributed by atoms with van der Waals surface area (Å²) in [6.45, 7) is 5.02. The van der Waals surface area contributed by atoms with Gasteiger partial charge in [0.2, 0.25) is 0 Å². The van der Waals surface area contributed by atoms with Gasteiger partial charge in [-0.1, -0.05) is 26.7 Å². The van der Waals surface area contributed by atoms with E-state index in [-0.39, 0.29) is 24.0 Å². The number of ether oxygens (including phenoxy) is 2. The monoisotopic (exact) mass is 285 g/mol. The van der Waals surface area contributed by atoms with Gasteiger partial charge in [-0.3, -0.25) is 14.9 Å². The highest BCUT2D eigenvalue weighted by Gasteiger charge is 2.31. The van der Waals surface area contributed by atoms with Crippen molar-refractivity contribution in [1.29, 1.82) is 0 Å². The first-order valence-electron chi connectivity index (χ1n) is 7.78. The molecule has 1 fully saturated rings. The van der Waals surface area contributed by atoms with Crippen molar-refractivity contribution in [3.05, 3.63) is 0 Å². The number of carbonyl (C=O) groups is 2. The third-order valence-electron chi connectivity index (χ3n) is 3.44. The Bertz CT molecular complexity index is 278. The van der Waals surface area contributed by atoms with Crippen LogP contribution in [0.15, 0.2) is 0 Å². The number of nitrogens with one attached hydrogen (secondary N) is 1. The maximum atomic E-state index is 11.9. The number of hydrogen-bond donors (Lipinski definition) is 1. The Hall–Kier alpha value is -1.10. The van der Waals surface area contributed by atoms with Gasteiger partial charge in [-0.25, -0.2) is 0 Å². The molecule has 0 radical (unpaired) electrons. The lowest BCUT2D eigenvalue weighted by molar-refractivity contribution is -0.151. The van der Waals surface area contributed by atoms with Gasteiger partial charge in [-0.2, -0.15) is 0 Å². The molecule has 0 aromatic rings. The van der Waals surface area contributed by atoms with Crippen LogP contribution in [0.4, 0.5) is 0 Å². The molecule has 2 atom stereocenters. The van der Waals surface area contributed by atoms with Gasteiger partial charge in [0, 0.05) is 0 Å². The quantitative estimate of drug-likeness (QED) is 0.547. The van der Waals surface area contributed by atoms with Crippen LogP contribution < -0.4 is 5.32 Å². The number of hydrogen-bond acceptors (Lipinski definition) is 5. The summed E-state index contributed by atoms with van der Waals surface area (Å²) < 4.78 is 10.4. The molecule has 1 N–H and O–H groups in total. The fraction of sp³-hybridized carbons (Fsp3) is 0.867. The second-order valence-electron chi connectivity index (χ2n) is 5.24. The average molecular weight is 285 g/mol. The first kappa shape index (κ1) is 17.0. The molecule has 116 valence electrons. The van der Waals surface area contributed by atoms with Crippen molar-refractivity contribution in [2.45, 2.75) is 70.9 Å². The lowest BCUT2D eigenvalue weighted by Gasteiger charge is -2.28. The van der Waals surface area contributed by atoms with E-state index in [0.717, 1.165) is 44.9 Å². The van der Waals surface area contributed by atoms with Crippen LogP contribution in [0.3, 0.4) is 0 Å². The van der Waals surface area contributed by atoms with Gasteiger partial charge >= 0.3 is 11.9 Å². The van der Waals surface area contributed by atoms with Crippen LogP contribution in [-0.2, 0) is 19.1 Å². The molecular formula is C15H27NO4. The summed E-state index contributed by atoms with van der Waals surface area (Å²) >= 11 is 0. The van der Waals surface area contributed by atoms with Gasteiger partial charge < -0.3 is 9.47 Å². The van der Waals surface area contributed by atoms with E-state index < -0.39 is 0 Å². The standard InChI is InChI=1S/C15H27NO4/c1-3-5-10-19-14(17)12-8-7-9-13(16-12)15(18)20-11-6-4-2/h12-13,16H,3-11H2,1-2H3/t12-,13+. The van der Waals surface area contributed by atoms with Crippen LogP contribution in [-0.4, -0.2) is 37.2 Å². The van der Waals surface area contributed by atoms with Crippen LogP contribution >= 0.6 is 0 Å². The first-order valence-corrected chi connectivity index (χ1v) is 7.78. The Labute approximate surface area is 121 Å². The van der Waals surface area contributed by atoms with Crippen LogP contribution in [0, 0.1) is 0 Å². The Morgan fingerprint density at radius 3 is 1.80 bits per heavy atom. The number of rotatable bonds is 8. The Morgan fingerprint density at radius 2 is 1.40 bits per heavy atom. The minimum absolute atomic E-state index is 0.246. The smallest absolute Gasteiger partial charge is 0.323 e. The second-order valence-corrected chi connectivity index (χ2v) is 5.24. The van der Waals surface area contributed by atoms with Gasteiger partial charge in [-0.15, -0.1) is 0 Å². The Balaban J connectivity index is 2.33. The van der Waals surface area contributed by atoms with Crippen molar-refractivity contribution < 1.29 is 19.1 Å². The van der Waals surface area contributed by atoms with Gasteiger partial charge in [0.05, 0.1) is 13.2 Å². The van der Waals surface area contributed by atoms with E-state index in [1.807, 2.05) is 0 Å². The van der Waals surface area contributed by atoms with Crippen LogP contribution in [0.5, 0.6) is 0 Å². The molecule has 0 aliphatic carbocycles. The number of unbranched alkanes of at least 4 members (excludes halogenated alkanes) is 2. The van der Waals surface area contributed by atoms with Gasteiger partial charge in [0.15, 0.2) is 0 Å². The predicted octanol–water partition coefficient (Wildman–Crippen LogP) is 2.18. The van der Waals surface area contributed by atoms with Gasteiger partial charge in [0.25, 0.3) is 0 Å². The first-order chi connectivity index (χ1) is 9.69. The van der Waals surface area contributed by atoms with Crippen molar-refractivity contribution in [3.8, 4) is 0 Å². The fourth-order valence-electron chi connectivity index (χ4n) is 2.14. The molecule has 0 spiro atoms. The predicted molar refractivity (Wildman–Crippen MR) is 76.3 cm³/mol. The zero-order valence-electron chi connectivity index (χ0n) is 12.7. The molecule has 0 bridgehead atoms. The molecule has 1 saturated heterocycles. The summed E-state index contributed by atoms with van der Waals surface area (Å²) in [6, 6.07) is -0.742. The summed E-state index contributed by atoms with van der Waals surface area (Å²) in [7, 11) is 0. The highest BCUT2D eigenvalue weighted by atomic mass is 16.5. The molecule has 0 aromatic carbocycles. The largest absolute Gasteiger partial charge is 0.465 e. The molecule has 1 rings (SSSR count). The summed E-state index contributed by atoms with van der Waals surface area (Å²) in [5, 5.41) is 3.06. The second kappa shape index (κ2) is 9.75. The summed E-state index contributed by atoms with van der Waals surface area (Å²) in [5.74, 6) is -0.492. The summed E-state index contributed by atoms with van der Waals surface area (Å²) in [6.07, 6.45) is 6.04. The molecule has 0 amide bonds. The maximum absolute atomic E-state index is 11.9.